The minimum absolute atomic E-state index is 0.0350. The zero-order valence-electron chi connectivity index (χ0n) is 25.2. The number of hydrogen-bond acceptors (Lipinski definition) is 6. The van der Waals surface area contributed by atoms with E-state index < -0.39 is 31.3 Å². The molecule has 0 saturated carbocycles. The van der Waals surface area contributed by atoms with Crippen molar-refractivity contribution in [3.63, 3.8) is 0 Å². The highest BCUT2D eigenvalue weighted by Gasteiger charge is 2.37. The first kappa shape index (κ1) is 35.7. The highest BCUT2D eigenvalue weighted by molar-refractivity contribution is 6.31. The Morgan fingerprint density at radius 3 is 2.00 bits per heavy atom. The van der Waals surface area contributed by atoms with Crippen molar-refractivity contribution in [2.24, 2.45) is 0 Å². The number of rotatable bonds is 13. The molecule has 0 aliphatic carbocycles. The van der Waals surface area contributed by atoms with E-state index in [-0.39, 0.29) is 47.6 Å². The number of halogens is 7. The van der Waals surface area contributed by atoms with Crippen LogP contribution in [-0.4, -0.2) is 88.0 Å². The van der Waals surface area contributed by atoms with Crippen LogP contribution in [-0.2, 0) is 16.0 Å². The fourth-order valence-corrected chi connectivity index (χ4v) is 5.21. The number of para-hydroxylation sites is 1. The van der Waals surface area contributed by atoms with Crippen molar-refractivity contribution >= 4 is 34.8 Å². The van der Waals surface area contributed by atoms with E-state index in [0.717, 1.165) is 12.1 Å². The number of benzene rings is 3. The summed E-state index contributed by atoms with van der Waals surface area (Å²) in [6.45, 7) is -1.29. The first-order valence-corrected chi connectivity index (χ1v) is 15.1. The minimum Gasteiger partial charge on any atom is -0.457 e. The molecule has 2 amide bonds. The van der Waals surface area contributed by atoms with Crippen LogP contribution in [0.4, 0.5) is 37.7 Å². The molecule has 4 rings (SSSR count). The van der Waals surface area contributed by atoms with Gasteiger partial charge in [-0.1, -0.05) is 35.9 Å². The van der Waals surface area contributed by atoms with E-state index >= 15 is 0 Å². The van der Waals surface area contributed by atoms with Gasteiger partial charge in [-0.05, 0) is 60.5 Å². The minimum atomic E-state index is -4.86. The van der Waals surface area contributed by atoms with Crippen LogP contribution in [0.5, 0.6) is 11.5 Å². The Morgan fingerprint density at radius 2 is 1.40 bits per heavy atom. The van der Waals surface area contributed by atoms with Gasteiger partial charge in [0.15, 0.2) is 0 Å². The van der Waals surface area contributed by atoms with E-state index in [4.69, 9.17) is 16.3 Å². The molecule has 1 aliphatic rings. The molecule has 1 saturated heterocycles. The summed E-state index contributed by atoms with van der Waals surface area (Å²) in [7, 11) is 0. The van der Waals surface area contributed by atoms with Gasteiger partial charge in [0.2, 0.25) is 11.8 Å². The third-order valence-electron chi connectivity index (χ3n) is 7.17. The van der Waals surface area contributed by atoms with Gasteiger partial charge in [0.05, 0.1) is 13.1 Å². The van der Waals surface area contributed by atoms with Gasteiger partial charge in [-0.25, -0.2) is 0 Å². The number of nitrogens with one attached hydrogen (secondary N) is 2. The average Bonchev–Trinajstić information content (AvgIpc) is 3.01. The molecule has 2 N–H and O–H groups in total. The lowest BCUT2D eigenvalue weighted by atomic mass is 10.1. The molecular weight excluding hydrogens is 652 g/mol. The molecule has 1 aliphatic heterocycles. The first-order chi connectivity index (χ1) is 22.3. The van der Waals surface area contributed by atoms with Crippen molar-refractivity contribution in [1.29, 1.82) is 0 Å². The quantitative estimate of drug-likeness (QED) is 0.226. The zero-order chi connectivity index (χ0) is 34.0. The fraction of sp³-hybridized carbons (Fsp3) is 0.375. The lowest BCUT2D eigenvalue weighted by Gasteiger charge is -2.31. The van der Waals surface area contributed by atoms with Gasteiger partial charge in [0.25, 0.3) is 0 Å². The molecule has 0 radical (unpaired) electrons. The van der Waals surface area contributed by atoms with E-state index in [1.54, 1.807) is 34.1 Å². The van der Waals surface area contributed by atoms with E-state index in [2.05, 4.69) is 10.6 Å². The summed E-state index contributed by atoms with van der Waals surface area (Å²) < 4.78 is 83.5. The molecule has 254 valence electrons. The molecule has 15 heteroatoms. The second-order valence-corrected chi connectivity index (χ2v) is 11.3. The average molecular weight is 686 g/mol. The number of carbonyl (C=O) groups is 2. The molecule has 0 aromatic heterocycles. The standard InChI is InChI=1S/C32H34ClF6N5O3/c33-28-18-25(44(21-31(34,35)36)22-32(37,38)39)7-6-23(28)12-13-41-29(45)19-43(20-30(46)42-16-14-40-15-17-42)24-8-10-27(11-9-24)47-26-4-2-1-3-5-26/h1-11,18,40H,12-17,19-22H2,(H,41,45). The first-order valence-electron chi connectivity index (χ1n) is 14.8. The Kier molecular flexibility index (Phi) is 12.2. The maximum absolute atomic E-state index is 13.1. The van der Waals surface area contributed by atoms with Crippen molar-refractivity contribution in [3.8, 4) is 11.5 Å². The second-order valence-electron chi connectivity index (χ2n) is 10.9. The van der Waals surface area contributed by atoms with Gasteiger partial charge >= 0.3 is 12.4 Å². The van der Waals surface area contributed by atoms with Crippen molar-refractivity contribution in [3.05, 3.63) is 83.4 Å². The van der Waals surface area contributed by atoms with Crippen molar-refractivity contribution in [2.45, 2.75) is 18.8 Å². The summed E-state index contributed by atoms with van der Waals surface area (Å²) in [5, 5.41) is 5.91. The lowest BCUT2D eigenvalue weighted by molar-refractivity contribution is -0.137. The molecule has 0 spiro atoms. The van der Waals surface area contributed by atoms with Crippen LogP contribution < -0.4 is 25.2 Å². The number of nitrogens with zero attached hydrogens (tertiary/aromatic N) is 3. The molecule has 0 atom stereocenters. The van der Waals surface area contributed by atoms with E-state index in [1.807, 2.05) is 30.3 Å². The number of alkyl halides is 6. The topological polar surface area (TPSA) is 77.2 Å². The SMILES string of the molecule is O=C(CN(CC(=O)N1CCNCC1)c1ccc(Oc2ccccc2)cc1)NCCc1ccc(N(CC(F)(F)F)CC(F)(F)F)cc1Cl. The molecule has 1 heterocycles. The number of anilines is 2. The van der Waals surface area contributed by atoms with Gasteiger partial charge < -0.3 is 30.1 Å². The van der Waals surface area contributed by atoms with Crippen LogP contribution in [0.15, 0.2) is 72.8 Å². The predicted molar refractivity (Wildman–Crippen MR) is 167 cm³/mol. The third kappa shape index (κ3) is 11.9. The molecule has 0 unspecified atom stereocenters. The van der Waals surface area contributed by atoms with E-state index in [0.29, 0.717) is 48.9 Å². The zero-order valence-corrected chi connectivity index (χ0v) is 26.0. The lowest BCUT2D eigenvalue weighted by Crippen LogP contribution is -2.50. The Bertz CT molecular complexity index is 1450. The van der Waals surface area contributed by atoms with Gasteiger partial charge in [-0.15, -0.1) is 0 Å². The summed E-state index contributed by atoms with van der Waals surface area (Å²) in [6, 6.07) is 19.7. The van der Waals surface area contributed by atoms with Crippen molar-refractivity contribution in [1.82, 2.24) is 15.5 Å². The summed E-state index contributed by atoms with van der Waals surface area (Å²) in [6.07, 6.45) is -9.56. The number of ether oxygens (including phenoxy) is 1. The molecule has 3 aromatic carbocycles. The van der Waals surface area contributed by atoms with Crippen molar-refractivity contribution < 1.29 is 40.7 Å². The van der Waals surface area contributed by atoms with Crippen LogP contribution >= 0.6 is 11.6 Å². The molecule has 3 aromatic rings. The van der Waals surface area contributed by atoms with Gasteiger partial charge in [-0.3, -0.25) is 9.59 Å². The number of hydrogen-bond donors (Lipinski definition) is 2. The number of piperazine rings is 1. The Balaban J connectivity index is 1.39. The van der Waals surface area contributed by atoms with Crippen molar-refractivity contribution in [2.75, 3.05) is 68.7 Å². The van der Waals surface area contributed by atoms with Crippen LogP contribution in [0, 0.1) is 0 Å². The summed E-state index contributed by atoms with van der Waals surface area (Å²) in [5.74, 6) is 0.679. The molecule has 0 bridgehead atoms. The predicted octanol–water partition coefficient (Wildman–Crippen LogP) is 5.66. The normalized spacial score (nSPS) is 13.6. The van der Waals surface area contributed by atoms with Crippen LogP contribution in [0.2, 0.25) is 5.02 Å². The summed E-state index contributed by atoms with van der Waals surface area (Å²) in [5.41, 5.74) is 0.710. The highest BCUT2D eigenvalue weighted by Crippen LogP contribution is 2.30. The maximum atomic E-state index is 13.1. The molecular formula is C32H34ClF6N5O3. The van der Waals surface area contributed by atoms with Gasteiger partial charge in [0, 0.05) is 49.1 Å². The molecule has 8 nitrogen and oxygen atoms in total. The Hall–Kier alpha value is -4.17. The third-order valence-corrected chi connectivity index (χ3v) is 7.52. The summed E-state index contributed by atoms with van der Waals surface area (Å²) >= 11 is 6.22. The largest absolute Gasteiger partial charge is 0.457 e. The second kappa shape index (κ2) is 16.1. The van der Waals surface area contributed by atoms with Crippen LogP contribution in [0.1, 0.15) is 5.56 Å². The smallest absolute Gasteiger partial charge is 0.405 e. The molecule has 47 heavy (non-hydrogen) atoms. The maximum Gasteiger partial charge on any atom is 0.405 e. The number of carbonyl (C=O) groups excluding carboxylic acids is 2. The fourth-order valence-electron chi connectivity index (χ4n) is 4.94. The monoisotopic (exact) mass is 685 g/mol. The van der Waals surface area contributed by atoms with E-state index in [1.165, 1.54) is 6.07 Å². The van der Waals surface area contributed by atoms with Gasteiger partial charge in [0.1, 0.15) is 24.6 Å². The highest BCUT2D eigenvalue weighted by atomic mass is 35.5. The number of amides is 2. The van der Waals surface area contributed by atoms with E-state index in [9.17, 15) is 35.9 Å². The Morgan fingerprint density at radius 1 is 0.809 bits per heavy atom. The summed E-state index contributed by atoms with van der Waals surface area (Å²) in [4.78, 5) is 29.6. The molecule has 1 fully saturated rings. The van der Waals surface area contributed by atoms with Crippen LogP contribution in [0.25, 0.3) is 0 Å². The van der Waals surface area contributed by atoms with Crippen LogP contribution in [0.3, 0.4) is 0 Å². The van der Waals surface area contributed by atoms with Gasteiger partial charge in [-0.2, -0.15) is 26.3 Å². The Labute approximate surface area is 273 Å².